The minimum atomic E-state index is -2.49. The van der Waals surface area contributed by atoms with Gasteiger partial charge in [0.2, 0.25) is 6.43 Å². The molecule has 2 aromatic rings. The summed E-state index contributed by atoms with van der Waals surface area (Å²) in [5.41, 5.74) is 1.49. The van der Waals surface area contributed by atoms with Crippen LogP contribution in [0.3, 0.4) is 0 Å². The van der Waals surface area contributed by atoms with Gasteiger partial charge in [-0.05, 0) is 32.4 Å². The molecule has 0 radical (unpaired) electrons. The molecular weight excluding hydrogens is 329 g/mol. The van der Waals surface area contributed by atoms with Crippen LogP contribution in [0.4, 0.5) is 18.9 Å². The highest BCUT2D eigenvalue weighted by atomic mass is 19.3. The van der Waals surface area contributed by atoms with E-state index in [1.807, 2.05) is 11.9 Å². The van der Waals surface area contributed by atoms with Crippen molar-refractivity contribution in [3.05, 3.63) is 29.5 Å². The molecule has 134 valence electrons. The van der Waals surface area contributed by atoms with Crippen LogP contribution in [0.25, 0.3) is 11.0 Å². The molecule has 0 spiro atoms. The molecule has 3 nitrogen and oxygen atoms in total. The number of hydrogen-bond acceptors (Lipinski definition) is 3. The normalized spacial score (nSPS) is 21.4. The van der Waals surface area contributed by atoms with Gasteiger partial charge >= 0.3 is 0 Å². The highest BCUT2D eigenvalue weighted by Gasteiger charge is 2.28. The molecule has 1 fully saturated rings. The number of furan rings is 1. The van der Waals surface area contributed by atoms with E-state index in [-0.39, 0.29) is 11.8 Å². The van der Waals surface area contributed by atoms with E-state index in [0.29, 0.717) is 35.2 Å². The summed E-state index contributed by atoms with van der Waals surface area (Å²) >= 11 is 0. The first-order valence-corrected chi connectivity index (χ1v) is 8.34. The van der Waals surface area contributed by atoms with Crippen LogP contribution in [0, 0.1) is 11.8 Å². The Morgan fingerprint density at radius 1 is 1.40 bits per heavy atom. The first kappa shape index (κ1) is 17.7. The van der Waals surface area contributed by atoms with Crippen LogP contribution in [0.2, 0.25) is 0 Å². The Bertz CT molecular complexity index is 806. The minimum absolute atomic E-state index is 0.257. The number of nitrogens with zero attached hydrogens (tertiary/aromatic N) is 1. The third-order valence-corrected chi connectivity index (χ3v) is 4.50. The summed E-state index contributed by atoms with van der Waals surface area (Å²) in [6.07, 6.45) is -3.24. The van der Waals surface area contributed by atoms with Gasteiger partial charge in [0.15, 0.2) is 11.3 Å². The Kier molecular flexibility index (Phi) is 5.24. The zero-order valence-corrected chi connectivity index (χ0v) is 14.3. The molecule has 1 N–H and O–H groups in total. The maximum absolute atomic E-state index is 14.3. The summed E-state index contributed by atoms with van der Waals surface area (Å²) in [6, 6.07) is 4.96. The number of alkyl halides is 3. The Hall–Kier alpha value is -2.13. The molecular formula is C19H21F3N2O. The van der Waals surface area contributed by atoms with Gasteiger partial charge in [0, 0.05) is 30.5 Å². The van der Waals surface area contributed by atoms with E-state index < -0.39 is 19.0 Å². The summed E-state index contributed by atoms with van der Waals surface area (Å²) in [7, 11) is 1.89. The first-order chi connectivity index (χ1) is 12.0. The predicted octanol–water partition coefficient (Wildman–Crippen LogP) is 4.07. The zero-order chi connectivity index (χ0) is 18.0. The molecule has 25 heavy (non-hydrogen) atoms. The Balaban J connectivity index is 1.97. The van der Waals surface area contributed by atoms with Crippen LogP contribution in [0.15, 0.2) is 22.6 Å². The van der Waals surface area contributed by atoms with Gasteiger partial charge in [0.25, 0.3) is 0 Å². The number of benzene rings is 1. The van der Waals surface area contributed by atoms with Gasteiger partial charge in [0.1, 0.15) is 6.17 Å². The van der Waals surface area contributed by atoms with Crippen molar-refractivity contribution in [1.82, 2.24) is 4.90 Å². The third kappa shape index (κ3) is 3.77. The minimum Gasteiger partial charge on any atom is -0.445 e. The average molecular weight is 350 g/mol. The summed E-state index contributed by atoms with van der Waals surface area (Å²) < 4.78 is 46.0. The van der Waals surface area contributed by atoms with Gasteiger partial charge in [-0.3, -0.25) is 0 Å². The number of anilines is 1. The van der Waals surface area contributed by atoms with Gasteiger partial charge in [-0.1, -0.05) is 18.1 Å². The van der Waals surface area contributed by atoms with Crippen LogP contribution >= 0.6 is 0 Å². The number of likely N-dealkylation sites (tertiary alicyclic amines) is 1. The lowest BCUT2D eigenvalue weighted by molar-refractivity contribution is 0.149. The number of fused-ring (bicyclic) bond motifs is 1. The van der Waals surface area contributed by atoms with Crippen molar-refractivity contribution >= 4 is 16.7 Å². The van der Waals surface area contributed by atoms with Crippen LogP contribution in [-0.2, 0) is 6.42 Å². The molecule has 1 aromatic carbocycles. The molecule has 6 heteroatoms. The number of nitrogens with one attached hydrogen (secondary N) is 1. The smallest absolute Gasteiger partial charge is 0.242 e. The van der Waals surface area contributed by atoms with Crippen molar-refractivity contribution in [2.75, 3.05) is 25.5 Å². The molecule has 0 bridgehead atoms. The lowest BCUT2D eigenvalue weighted by Gasteiger charge is -2.33. The van der Waals surface area contributed by atoms with Gasteiger partial charge in [0.05, 0.1) is 11.7 Å². The average Bonchev–Trinajstić information content (AvgIpc) is 2.89. The molecule has 2 heterocycles. The maximum Gasteiger partial charge on any atom is 0.242 e. The first-order valence-electron chi connectivity index (χ1n) is 8.34. The van der Waals surface area contributed by atoms with E-state index in [9.17, 15) is 13.2 Å². The molecule has 1 aliphatic rings. The second-order valence-corrected chi connectivity index (χ2v) is 6.38. The fraction of sp³-hybridized carbons (Fsp3) is 0.474. The Morgan fingerprint density at radius 2 is 2.20 bits per heavy atom. The van der Waals surface area contributed by atoms with Gasteiger partial charge in [-0.25, -0.2) is 13.2 Å². The predicted molar refractivity (Wildman–Crippen MR) is 92.9 cm³/mol. The highest BCUT2D eigenvalue weighted by Crippen LogP contribution is 2.33. The van der Waals surface area contributed by atoms with E-state index in [0.717, 1.165) is 6.54 Å². The van der Waals surface area contributed by atoms with Crippen LogP contribution in [0.1, 0.15) is 24.7 Å². The van der Waals surface area contributed by atoms with Crippen molar-refractivity contribution in [1.29, 1.82) is 0 Å². The van der Waals surface area contributed by atoms with Crippen LogP contribution < -0.4 is 5.32 Å². The van der Waals surface area contributed by atoms with Crippen molar-refractivity contribution in [3.8, 4) is 11.8 Å². The van der Waals surface area contributed by atoms with Crippen molar-refractivity contribution in [2.24, 2.45) is 0 Å². The zero-order valence-electron chi connectivity index (χ0n) is 14.3. The Morgan fingerprint density at radius 3 is 2.88 bits per heavy atom. The molecule has 0 amide bonds. The molecule has 1 aliphatic heterocycles. The summed E-state index contributed by atoms with van der Waals surface area (Å²) in [6.45, 7) is 2.80. The molecule has 2 atom stereocenters. The standard InChI is InChI=1S/C19H21F3N2O/c1-3-5-17-13(10-18(21)22)12-6-4-7-16(19(12)25-17)23-15-8-9-24(2)11-14(15)20/h4,6-7,14-15,18,23H,8-11H2,1-2H3/t14-,15+/m0/s1. The van der Waals surface area contributed by atoms with E-state index in [2.05, 4.69) is 17.2 Å². The fourth-order valence-electron chi connectivity index (χ4n) is 3.27. The molecule has 0 unspecified atom stereocenters. The summed E-state index contributed by atoms with van der Waals surface area (Å²) in [4.78, 5) is 1.95. The number of rotatable bonds is 4. The lowest BCUT2D eigenvalue weighted by Crippen LogP contribution is -2.46. The van der Waals surface area contributed by atoms with Gasteiger partial charge < -0.3 is 14.6 Å². The van der Waals surface area contributed by atoms with E-state index >= 15 is 0 Å². The molecule has 0 saturated carbocycles. The SMILES string of the molecule is CC#Cc1oc2c(N[C@@H]3CCN(C)C[C@@H]3F)cccc2c1CC(F)F. The molecule has 1 saturated heterocycles. The number of hydrogen-bond donors (Lipinski definition) is 1. The van der Waals surface area contributed by atoms with E-state index in [1.165, 1.54) is 0 Å². The van der Waals surface area contributed by atoms with Crippen molar-refractivity contribution in [3.63, 3.8) is 0 Å². The Labute approximate surface area is 145 Å². The monoisotopic (exact) mass is 350 g/mol. The maximum atomic E-state index is 14.3. The largest absolute Gasteiger partial charge is 0.445 e. The third-order valence-electron chi connectivity index (χ3n) is 4.50. The van der Waals surface area contributed by atoms with Crippen LogP contribution in [-0.4, -0.2) is 43.7 Å². The molecule has 3 rings (SSSR count). The lowest BCUT2D eigenvalue weighted by atomic mass is 10.0. The quantitative estimate of drug-likeness (QED) is 0.843. The molecule has 1 aromatic heterocycles. The second kappa shape index (κ2) is 7.40. The van der Waals surface area contributed by atoms with Crippen molar-refractivity contribution in [2.45, 2.75) is 38.4 Å². The topological polar surface area (TPSA) is 28.4 Å². The van der Waals surface area contributed by atoms with E-state index in [4.69, 9.17) is 4.42 Å². The van der Waals surface area contributed by atoms with E-state index in [1.54, 1.807) is 25.1 Å². The second-order valence-electron chi connectivity index (χ2n) is 6.38. The summed E-state index contributed by atoms with van der Waals surface area (Å²) in [5, 5.41) is 3.80. The number of piperidine rings is 1. The van der Waals surface area contributed by atoms with Crippen molar-refractivity contribution < 1.29 is 17.6 Å². The number of halogens is 3. The summed E-state index contributed by atoms with van der Waals surface area (Å²) in [5.74, 6) is 5.71. The highest BCUT2D eigenvalue weighted by molar-refractivity contribution is 5.93. The fourth-order valence-corrected chi connectivity index (χ4v) is 3.27. The van der Waals surface area contributed by atoms with Gasteiger partial charge in [-0.2, -0.15) is 0 Å². The van der Waals surface area contributed by atoms with Crippen LogP contribution in [0.5, 0.6) is 0 Å². The number of para-hydroxylation sites is 1. The molecule has 0 aliphatic carbocycles. The van der Waals surface area contributed by atoms with Gasteiger partial charge in [-0.15, -0.1) is 0 Å².